The number of carboxylic acid groups (broad SMARTS) is 1. The molecule has 0 unspecified atom stereocenters. The second-order valence-corrected chi connectivity index (χ2v) is 12.3. The Bertz CT molecular complexity index is 1300. The summed E-state index contributed by atoms with van der Waals surface area (Å²) in [4.78, 5) is 54.8. The van der Waals surface area contributed by atoms with Gasteiger partial charge in [-0.3, -0.25) is 19.1 Å². The average Bonchev–Trinajstić information content (AvgIpc) is 3.64. The molecule has 2 aromatic rings. The molecule has 12 heteroatoms. The molecule has 232 valence electrons. The van der Waals surface area contributed by atoms with E-state index in [4.69, 9.17) is 4.74 Å². The van der Waals surface area contributed by atoms with Crippen molar-refractivity contribution >= 4 is 23.8 Å². The van der Waals surface area contributed by atoms with E-state index in [1.54, 1.807) is 22.7 Å². The van der Waals surface area contributed by atoms with Gasteiger partial charge in [-0.1, -0.05) is 49.6 Å². The molecule has 3 atom stereocenters. The molecule has 1 aromatic carbocycles. The predicted octanol–water partition coefficient (Wildman–Crippen LogP) is 2.20. The molecule has 0 radical (unpaired) electrons. The van der Waals surface area contributed by atoms with Crippen LogP contribution in [0.3, 0.4) is 0 Å². The van der Waals surface area contributed by atoms with Gasteiger partial charge in [0.05, 0.1) is 30.3 Å². The van der Waals surface area contributed by atoms with E-state index in [2.05, 4.69) is 15.7 Å². The van der Waals surface area contributed by atoms with Crippen LogP contribution in [0.5, 0.6) is 0 Å². The maximum Gasteiger partial charge on any atom is 0.407 e. The Morgan fingerprint density at radius 3 is 2.44 bits per heavy atom. The van der Waals surface area contributed by atoms with E-state index < -0.39 is 29.6 Å². The van der Waals surface area contributed by atoms with Crippen LogP contribution in [-0.2, 0) is 20.9 Å². The van der Waals surface area contributed by atoms with Crippen LogP contribution in [0, 0.1) is 17.3 Å². The van der Waals surface area contributed by atoms with Crippen molar-refractivity contribution in [3.63, 3.8) is 0 Å². The fraction of sp³-hybridized carbons (Fsp3) is 0.581. The molecule has 3 aliphatic rings. The molecule has 1 aliphatic carbocycles. The van der Waals surface area contributed by atoms with Gasteiger partial charge in [0.2, 0.25) is 11.8 Å². The number of likely N-dealkylation sites (tertiary alicyclic amines) is 2. The van der Waals surface area contributed by atoms with Crippen LogP contribution in [0.4, 0.5) is 4.79 Å². The zero-order valence-corrected chi connectivity index (χ0v) is 24.9. The Hall–Kier alpha value is -3.93. The van der Waals surface area contributed by atoms with Gasteiger partial charge in [-0.2, -0.15) is 5.10 Å². The van der Waals surface area contributed by atoms with Gasteiger partial charge in [0.1, 0.15) is 6.04 Å². The molecule has 3 fully saturated rings. The Balaban J connectivity index is 1.27. The number of nitrogens with zero attached hydrogens (tertiary/aromatic N) is 4. The summed E-state index contributed by atoms with van der Waals surface area (Å²) in [5.41, 5.74) is 0.708. The third kappa shape index (κ3) is 6.84. The lowest BCUT2D eigenvalue weighted by molar-refractivity contribution is -0.138. The van der Waals surface area contributed by atoms with Crippen molar-refractivity contribution in [2.45, 2.75) is 57.7 Å². The van der Waals surface area contributed by atoms with Gasteiger partial charge in [0.25, 0.3) is 5.91 Å². The maximum absolute atomic E-state index is 13.8. The summed E-state index contributed by atoms with van der Waals surface area (Å²) in [6, 6.07) is 8.86. The zero-order valence-electron chi connectivity index (χ0n) is 24.9. The van der Waals surface area contributed by atoms with Gasteiger partial charge < -0.3 is 30.3 Å². The number of carbonyl (C=O) groups excluding carboxylic acids is 3. The topological polar surface area (TPSA) is 146 Å². The minimum Gasteiger partial charge on any atom is -0.465 e. The van der Waals surface area contributed by atoms with Gasteiger partial charge in [0.15, 0.2) is 0 Å². The Labute approximate surface area is 251 Å². The van der Waals surface area contributed by atoms with Crippen LogP contribution in [0.25, 0.3) is 0 Å². The SMILES string of the molecule is CNC(=O)[C@@H](NC(=O)[C@@H]1CN(C(=O)c2cnn(Cc3ccccc3)c2)CC12CN(C(=O)O)C2)[C@@H](C)OCC1CCCCC1. The molecule has 0 bridgehead atoms. The molecule has 2 aliphatic heterocycles. The number of hydrogen-bond donors (Lipinski definition) is 3. The molecule has 3 N–H and O–H groups in total. The second kappa shape index (κ2) is 13.2. The van der Waals surface area contributed by atoms with E-state index in [1.165, 1.54) is 37.4 Å². The van der Waals surface area contributed by atoms with Crippen LogP contribution in [0.2, 0.25) is 0 Å². The van der Waals surface area contributed by atoms with Crippen molar-refractivity contribution in [1.29, 1.82) is 0 Å². The fourth-order valence-electron chi connectivity index (χ4n) is 6.71. The number of rotatable bonds is 10. The summed E-state index contributed by atoms with van der Waals surface area (Å²) < 4.78 is 7.79. The first-order valence-electron chi connectivity index (χ1n) is 15.2. The molecule has 1 spiro atoms. The number of benzene rings is 1. The molecule has 43 heavy (non-hydrogen) atoms. The van der Waals surface area contributed by atoms with Crippen molar-refractivity contribution in [1.82, 2.24) is 30.2 Å². The first kappa shape index (κ1) is 30.5. The van der Waals surface area contributed by atoms with E-state index in [9.17, 15) is 24.3 Å². The molecule has 1 aromatic heterocycles. The number of hydrogen-bond acceptors (Lipinski definition) is 6. The average molecular weight is 595 g/mol. The lowest BCUT2D eigenvalue weighted by Crippen LogP contribution is -2.65. The van der Waals surface area contributed by atoms with Crippen molar-refractivity contribution in [3.8, 4) is 0 Å². The number of nitrogens with one attached hydrogen (secondary N) is 2. The van der Waals surface area contributed by atoms with Gasteiger partial charge >= 0.3 is 6.09 Å². The second-order valence-electron chi connectivity index (χ2n) is 12.3. The molecule has 4 amide bonds. The highest BCUT2D eigenvalue weighted by Gasteiger charge is 2.59. The maximum atomic E-state index is 13.8. The highest BCUT2D eigenvalue weighted by atomic mass is 16.5. The molecule has 3 heterocycles. The largest absolute Gasteiger partial charge is 0.465 e. The number of amides is 4. The monoisotopic (exact) mass is 594 g/mol. The van der Waals surface area contributed by atoms with Crippen LogP contribution in [-0.4, -0.2) is 100 Å². The standard InChI is InChI=1S/C31H42N6O6/c1-21(43-17-23-11-7-4-8-12-23)26(28(39)32-2)34-27(38)25-16-35(18-31(25)19-36(20-31)30(41)42)29(40)24-13-33-37(15-24)14-22-9-5-3-6-10-22/h3,5-6,9-10,13,15,21,23,25-26H,4,7-8,11-12,14,16-20H2,1-2H3,(H,32,39)(H,34,38)(H,41,42)/t21-,25+,26+/m1/s1. The first-order valence-corrected chi connectivity index (χ1v) is 15.2. The van der Waals surface area contributed by atoms with Crippen molar-refractivity contribution in [2.24, 2.45) is 17.3 Å². The van der Waals surface area contributed by atoms with Crippen LogP contribution in [0.15, 0.2) is 42.7 Å². The highest BCUT2D eigenvalue weighted by Crippen LogP contribution is 2.44. The lowest BCUT2D eigenvalue weighted by Gasteiger charge is -2.49. The van der Waals surface area contributed by atoms with E-state index in [0.717, 1.165) is 18.4 Å². The van der Waals surface area contributed by atoms with Crippen LogP contribution >= 0.6 is 0 Å². The van der Waals surface area contributed by atoms with E-state index in [0.29, 0.717) is 24.6 Å². The summed E-state index contributed by atoms with van der Waals surface area (Å²) in [5.74, 6) is -1.26. The number of carbonyl (C=O) groups is 4. The van der Waals surface area contributed by atoms with Gasteiger partial charge in [0, 0.05) is 51.4 Å². The smallest absolute Gasteiger partial charge is 0.407 e. The van der Waals surface area contributed by atoms with E-state index in [-0.39, 0.29) is 43.9 Å². The molecular weight excluding hydrogens is 552 g/mol. The summed E-state index contributed by atoms with van der Waals surface area (Å²) in [6.07, 6.45) is 7.37. The van der Waals surface area contributed by atoms with E-state index >= 15 is 0 Å². The van der Waals surface area contributed by atoms with Gasteiger partial charge in [-0.25, -0.2) is 4.79 Å². The fourth-order valence-corrected chi connectivity index (χ4v) is 6.71. The van der Waals surface area contributed by atoms with Crippen LogP contribution < -0.4 is 10.6 Å². The molecular formula is C31H42N6O6. The minimum absolute atomic E-state index is 0.111. The van der Waals surface area contributed by atoms with Crippen molar-refractivity contribution in [2.75, 3.05) is 39.8 Å². The van der Waals surface area contributed by atoms with Crippen LogP contribution in [0.1, 0.15) is 54.9 Å². The van der Waals surface area contributed by atoms with Crippen molar-refractivity contribution in [3.05, 3.63) is 53.9 Å². The predicted molar refractivity (Wildman–Crippen MR) is 157 cm³/mol. The quantitative estimate of drug-likeness (QED) is 0.382. The summed E-state index contributed by atoms with van der Waals surface area (Å²) >= 11 is 0. The summed E-state index contributed by atoms with van der Waals surface area (Å²) in [7, 11) is 1.52. The molecule has 12 nitrogen and oxygen atoms in total. The Morgan fingerprint density at radius 1 is 1.07 bits per heavy atom. The lowest BCUT2D eigenvalue weighted by atomic mass is 9.71. The van der Waals surface area contributed by atoms with Gasteiger partial charge in [-0.15, -0.1) is 0 Å². The minimum atomic E-state index is -1.07. The number of aromatic nitrogens is 2. The molecule has 2 saturated heterocycles. The van der Waals surface area contributed by atoms with E-state index in [1.807, 2.05) is 30.3 Å². The third-order valence-electron chi connectivity index (χ3n) is 9.22. The molecule has 5 rings (SSSR count). The number of likely N-dealkylation sites (N-methyl/N-ethyl adjacent to an activating group) is 1. The third-order valence-corrected chi connectivity index (χ3v) is 9.22. The Morgan fingerprint density at radius 2 is 1.77 bits per heavy atom. The van der Waals surface area contributed by atoms with Crippen molar-refractivity contribution < 1.29 is 29.0 Å². The van der Waals surface area contributed by atoms with Gasteiger partial charge in [-0.05, 0) is 31.2 Å². The number of ether oxygens (including phenoxy) is 1. The normalized spacial score (nSPS) is 21.2. The zero-order chi connectivity index (χ0) is 30.6. The molecule has 1 saturated carbocycles. The summed E-state index contributed by atoms with van der Waals surface area (Å²) in [6.45, 7) is 3.44. The summed E-state index contributed by atoms with van der Waals surface area (Å²) in [5, 5.41) is 19.4. The highest BCUT2D eigenvalue weighted by molar-refractivity contribution is 5.95. The Kier molecular flexibility index (Phi) is 9.34. The first-order chi connectivity index (χ1) is 20.7.